The molecule has 0 aliphatic rings. The van der Waals surface area contributed by atoms with E-state index >= 15 is 0 Å². The molecule has 1 amide bonds. The van der Waals surface area contributed by atoms with Crippen LogP contribution in [-0.2, 0) is 32.7 Å². The summed E-state index contributed by atoms with van der Waals surface area (Å²) in [6.07, 6.45) is 20.1. The van der Waals surface area contributed by atoms with Gasteiger partial charge in [0.25, 0.3) is 0 Å². The van der Waals surface area contributed by atoms with Gasteiger partial charge in [0, 0.05) is 12.8 Å². The molecule has 12 heteroatoms. The van der Waals surface area contributed by atoms with Crippen molar-refractivity contribution in [2.24, 2.45) is 0 Å². The second-order valence-corrected chi connectivity index (χ2v) is 11.0. The highest BCUT2D eigenvalue weighted by atomic mass is 31.2. The zero-order valence-electron chi connectivity index (χ0n) is 24.1. The highest BCUT2D eigenvalue weighted by molar-refractivity contribution is 7.47. The van der Waals surface area contributed by atoms with Gasteiger partial charge >= 0.3 is 19.8 Å². The molecule has 0 radical (unpaired) electrons. The van der Waals surface area contributed by atoms with Gasteiger partial charge in [-0.3, -0.25) is 18.6 Å². The van der Waals surface area contributed by atoms with Crippen molar-refractivity contribution in [3.8, 4) is 0 Å². The van der Waals surface area contributed by atoms with Crippen molar-refractivity contribution in [3.05, 3.63) is 24.3 Å². The number of rotatable bonds is 26. The maximum absolute atomic E-state index is 11.9. The van der Waals surface area contributed by atoms with Gasteiger partial charge < -0.3 is 25.2 Å². The number of ether oxygens (including phenoxy) is 1. The SMILES string of the molecule is CCCCC/C=C\C/C=C\CCCCCCCC(=O)OCC(O)COP(=O)(O)OCC(NC(=O)CCC)C(=O)O. The van der Waals surface area contributed by atoms with E-state index in [1.807, 2.05) is 0 Å². The molecule has 0 spiro atoms. The van der Waals surface area contributed by atoms with Crippen molar-refractivity contribution in [1.29, 1.82) is 0 Å². The first-order valence-electron chi connectivity index (χ1n) is 14.4. The third kappa shape index (κ3) is 23.8. The lowest BCUT2D eigenvalue weighted by molar-refractivity contribution is -0.147. The molecule has 0 bridgehead atoms. The van der Waals surface area contributed by atoms with E-state index in [4.69, 9.17) is 9.84 Å². The molecule has 4 N–H and O–H groups in total. The number of carbonyl (C=O) groups is 3. The molecule has 0 aromatic carbocycles. The molecule has 0 aliphatic carbocycles. The average Bonchev–Trinajstić information content (AvgIpc) is 2.91. The van der Waals surface area contributed by atoms with Crippen molar-refractivity contribution >= 4 is 25.7 Å². The van der Waals surface area contributed by atoms with Gasteiger partial charge in [-0.15, -0.1) is 0 Å². The summed E-state index contributed by atoms with van der Waals surface area (Å²) in [6, 6.07) is -1.54. The van der Waals surface area contributed by atoms with Crippen LogP contribution in [0, 0.1) is 0 Å². The lowest BCUT2D eigenvalue weighted by Gasteiger charge is -2.18. The van der Waals surface area contributed by atoms with Crippen LogP contribution < -0.4 is 5.32 Å². The fraction of sp³-hybridized carbons (Fsp3) is 0.750. The fourth-order valence-electron chi connectivity index (χ4n) is 3.44. The van der Waals surface area contributed by atoms with Gasteiger partial charge in [0.2, 0.25) is 5.91 Å². The number of carboxylic acid groups (broad SMARTS) is 1. The Hall–Kier alpha value is -2.04. The van der Waals surface area contributed by atoms with Crippen LogP contribution >= 0.6 is 7.82 Å². The van der Waals surface area contributed by atoms with Gasteiger partial charge in [-0.25, -0.2) is 9.36 Å². The van der Waals surface area contributed by atoms with Crippen molar-refractivity contribution in [2.75, 3.05) is 19.8 Å². The largest absolute Gasteiger partial charge is 0.480 e. The number of carbonyl (C=O) groups excluding carboxylic acids is 2. The predicted octanol–water partition coefficient (Wildman–Crippen LogP) is 5.21. The van der Waals surface area contributed by atoms with Crippen molar-refractivity contribution in [3.63, 3.8) is 0 Å². The molecule has 0 saturated heterocycles. The molecular weight excluding hydrogens is 541 g/mol. The van der Waals surface area contributed by atoms with Crippen LogP contribution in [-0.4, -0.2) is 64.9 Å². The Balaban J connectivity index is 3.89. The molecule has 0 saturated carbocycles. The summed E-state index contributed by atoms with van der Waals surface area (Å²) >= 11 is 0. The molecule has 0 fully saturated rings. The number of hydrogen-bond donors (Lipinski definition) is 4. The molecule has 232 valence electrons. The number of allylic oxidation sites excluding steroid dienone is 4. The van der Waals surface area contributed by atoms with Gasteiger partial charge in [-0.05, 0) is 44.9 Å². The number of aliphatic hydroxyl groups is 1. The first-order chi connectivity index (χ1) is 19.1. The Bertz CT molecular complexity index is 802. The number of aliphatic hydroxyl groups excluding tert-OH is 1. The summed E-state index contributed by atoms with van der Waals surface area (Å²) in [6.45, 7) is 2.03. The summed E-state index contributed by atoms with van der Waals surface area (Å²) in [7, 11) is -4.71. The van der Waals surface area contributed by atoms with E-state index in [9.17, 15) is 28.9 Å². The standard InChI is InChI=1S/C28H50NO10P/c1-3-5-6-7-8-9-10-11-12-13-14-15-16-17-18-20-27(32)37-21-24(30)22-38-40(35,36)39-23-25(28(33)34)29-26(31)19-4-2/h8-9,11-12,24-25,30H,3-7,10,13-23H2,1-2H3,(H,29,31)(H,33,34)(H,35,36)/b9-8-,12-11-. The van der Waals surface area contributed by atoms with Crippen molar-refractivity contribution in [1.82, 2.24) is 5.32 Å². The number of aliphatic carboxylic acids is 1. The van der Waals surface area contributed by atoms with Crippen LogP contribution in [0.25, 0.3) is 0 Å². The second kappa shape index (κ2) is 24.7. The topological polar surface area (TPSA) is 169 Å². The van der Waals surface area contributed by atoms with E-state index in [1.165, 1.54) is 19.3 Å². The highest BCUT2D eigenvalue weighted by Crippen LogP contribution is 2.43. The molecular formula is C28H50NO10P. The summed E-state index contributed by atoms with van der Waals surface area (Å²) < 4.78 is 26.2. The Kier molecular flexibility index (Phi) is 23.5. The minimum absolute atomic E-state index is 0.0948. The van der Waals surface area contributed by atoms with Gasteiger partial charge in [0.05, 0.1) is 13.2 Å². The second-order valence-electron chi connectivity index (χ2n) is 9.59. The summed E-state index contributed by atoms with van der Waals surface area (Å²) in [5.74, 6) is -2.47. The van der Waals surface area contributed by atoms with Crippen LogP contribution in [0.5, 0.6) is 0 Å². The molecule has 0 heterocycles. The number of esters is 1. The Morgan fingerprint density at radius 2 is 1.40 bits per heavy atom. The molecule has 3 atom stereocenters. The number of hydrogen-bond acceptors (Lipinski definition) is 8. The first kappa shape index (κ1) is 38.0. The van der Waals surface area contributed by atoms with E-state index in [-0.39, 0.29) is 12.8 Å². The number of phosphoric acid groups is 1. The average molecular weight is 592 g/mol. The van der Waals surface area contributed by atoms with Crippen LogP contribution in [0.1, 0.15) is 104 Å². The Morgan fingerprint density at radius 1 is 0.800 bits per heavy atom. The van der Waals surface area contributed by atoms with Gasteiger partial charge in [-0.1, -0.05) is 70.3 Å². The number of carboxylic acids is 1. The molecule has 0 rings (SSSR count). The molecule has 0 aromatic rings. The van der Waals surface area contributed by atoms with Gasteiger partial charge in [0.15, 0.2) is 6.04 Å². The van der Waals surface area contributed by atoms with E-state index in [0.717, 1.165) is 44.9 Å². The lowest BCUT2D eigenvalue weighted by Crippen LogP contribution is -2.43. The van der Waals surface area contributed by atoms with Crippen LogP contribution in [0.2, 0.25) is 0 Å². The first-order valence-corrected chi connectivity index (χ1v) is 15.9. The minimum Gasteiger partial charge on any atom is -0.480 e. The van der Waals surface area contributed by atoms with Gasteiger partial charge in [-0.2, -0.15) is 0 Å². The zero-order valence-corrected chi connectivity index (χ0v) is 25.0. The zero-order chi connectivity index (χ0) is 30.1. The molecule has 11 nitrogen and oxygen atoms in total. The van der Waals surface area contributed by atoms with Gasteiger partial charge in [0.1, 0.15) is 12.7 Å². The van der Waals surface area contributed by atoms with Crippen LogP contribution in [0.15, 0.2) is 24.3 Å². The quantitative estimate of drug-likeness (QED) is 0.0453. The predicted molar refractivity (Wildman–Crippen MR) is 153 cm³/mol. The number of phosphoric ester groups is 1. The normalized spacial score (nSPS) is 14.7. The molecule has 40 heavy (non-hydrogen) atoms. The summed E-state index contributed by atoms with van der Waals surface area (Å²) in [5, 5.41) is 21.1. The third-order valence-electron chi connectivity index (χ3n) is 5.71. The number of nitrogens with one attached hydrogen (secondary N) is 1. The molecule has 0 aliphatic heterocycles. The van der Waals surface area contributed by atoms with Crippen molar-refractivity contribution < 1.29 is 47.8 Å². The van der Waals surface area contributed by atoms with E-state index < -0.39 is 57.6 Å². The Labute approximate surface area is 239 Å². The van der Waals surface area contributed by atoms with Crippen molar-refractivity contribution in [2.45, 2.75) is 116 Å². The maximum atomic E-state index is 11.9. The van der Waals surface area contributed by atoms with E-state index in [1.54, 1.807) is 6.92 Å². The third-order valence-corrected chi connectivity index (χ3v) is 6.66. The molecule has 0 aromatic heterocycles. The van der Waals surface area contributed by atoms with Crippen LogP contribution in [0.3, 0.4) is 0 Å². The number of unbranched alkanes of at least 4 members (excludes halogenated alkanes) is 8. The van der Waals surface area contributed by atoms with E-state index in [2.05, 4.69) is 45.6 Å². The van der Waals surface area contributed by atoms with Crippen LogP contribution in [0.4, 0.5) is 0 Å². The lowest BCUT2D eigenvalue weighted by atomic mass is 10.1. The highest BCUT2D eigenvalue weighted by Gasteiger charge is 2.28. The summed E-state index contributed by atoms with van der Waals surface area (Å²) in [5.41, 5.74) is 0. The van der Waals surface area contributed by atoms with E-state index in [0.29, 0.717) is 12.8 Å². The molecule has 3 unspecified atom stereocenters. The monoisotopic (exact) mass is 591 g/mol. The maximum Gasteiger partial charge on any atom is 0.472 e. The fourth-order valence-corrected chi connectivity index (χ4v) is 4.22. The summed E-state index contributed by atoms with van der Waals surface area (Å²) in [4.78, 5) is 44.3. The smallest absolute Gasteiger partial charge is 0.472 e. The minimum atomic E-state index is -4.71. The number of amides is 1. The Morgan fingerprint density at radius 3 is 2.02 bits per heavy atom.